The Morgan fingerprint density at radius 3 is 2.53 bits per heavy atom. The van der Waals surface area contributed by atoms with Crippen LogP contribution < -0.4 is 5.73 Å². The molecule has 0 bridgehead atoms. The number of imidazole rings is 1. The maximum Gasteiger partial charge on any atom is 0.197 e. The first-order valence-corrected chi connectivity index (χ1v) is 5.08. The number of aromatic nitrogens is 2. The molecule has 3 N–H and O–H groups in total. The van der Waals surface area contributed by atoms with Crippen LogP contribution in [-0.4, -0.2) is 9.97 Å². The van der Waals surface area contributed by atoms with Gasteiger partial charge in [0.15, 0.2) is 5.95 Å². The second-order valence-electron chi connectivity index (χ2n) is 3.50. The number of hydrogen-bond acceptors (Lipinski definition) is 2. The van der Waals surface area contributed by atoms with Gasteiger partial charge in [0.2, 0.25) is 0 Å². The Hall–Kier alpha value is -1.48. The number of halogens is 1. The molecule has 2 aromatic rings. The normalized spacial score (nSPS) is 10.5. The SMILES string of the molecule is Cc1[nH]c(N)nc1Cc1ccc(Cl)cc1. The summed E-state index contributed by atoms with van der Waals surface area (Å²) in [5, 5.41) is 0.747. The van der Waals surface area contributed by atoms with Crippen LogP contribution in [0.2, 0.25) is 5.02 Å². The number of nitrogens with two attached hydrogens (primary N) is 1. The molecule has 1 aromatic heterocycles. The third kappa shape index (κ3) is 2.30. The Kier molecular flexibility index (Phi) is 2.64. The predicted octanol–water partition coefficient (Wildman–Crippen LogP) is 2.54. The molecule has 0 aliphatic rings. The molecule has 1 aromatic carbocycles. The van der Waals surface area contributed by atoms with E-state index in [1.165, 1.54) is 5.56 Å². The number of aromatic amines is 1. The van der Waals surface area contributed by atoms with Crippen molar-refractivity contribution >= 4 is 17.5 Å². The van der Waals surface area contributed by atoms with E-state index in [0.717, 1.165) is 22.8 Å². The molecule has 4 heteroatoms. The Morgan fingerprint density at radius 1 is 1.33 bits per heavy atom. The first-order valence-electron chi connectivity index (χ1n) is 4.70. The van der Waals surface area contributed by atoms with Gasteiger partial charge in [-0.3, -0.25) is 0 Å². The van der Waals surface area contributed by atoms with E-state index in [9.17, 15) is 0 Å². The summed E-state index contributed by atoms with van der Waals surface area (Å²) >= 11 is 5.81. The largest absolute Gasteiger partial charge is 0.369 e. The number of benzene rings is 1. The van der Waals surface area contributed by atoms with E-state index in [0.29, 0.717) is 5.95 Å². The average Bonchev–Trinajstić information content (AvgIpc) is 2.49. The quantitative estimate of drug-likeness (QED) is 0.819. The summed E-state index contributed by atoms with van der Waals surface area (Å²) in [4.78, 5) is 7.20. The molecule has 0 saturated heterocycles. The minimum absolute atomic E-state index is 0.469. The van der Waals surface area contributed by atoms with Crippen LogP contribution in [-0.2, 0) is 6.42 Å². The van der Waals surface area contributed by atoms with Crippen molar-refractivity contribution in [3.63, 3.8) is 0 Å². The van der Waals surface area contributed by atoms with Crippen molar-refractivity contribution in [2.75, 3.05) is 5.73 Å². The fourth-order valence-electron chi connectivity index (χ4n) is 1.49. The molecule has 3 nitrogen and oxygen atoms in total. The van der Waals surface area contributed by atoms with Crippen molar-refractivity contribution in [2.24, 2.45) is 0 Å². The zero-order valence-corrected chi connectivity index (χ0v) is 9.17. The molecule has 0 amide bonds. The maximum absolute atomic E-state index is 5.81. The van der Waals surface area contributed by atoms with Gasteiger partial charge in [0, 0.05) is 17.1 Å². The summed E-state index contributed by atoms with van der Waals surface area (Å²) in [5.74, 6) is 0.469. The topological polar surface area (TPSA) is 54.7 Å². The first kappa shape index (κ1) is 10.1. The highest BCUT2D eigenvalue weighted by molar-refractivity contribution is 6.30. The molecular weight excluding hydrogens is 210 g/mol. The van der Waals surface area contributed by atoms with Crippen molar-refractivity contribution < 1.29 is 0 Å². The molecule has 15 heavy (non-hydrogen) atoms. The van der Waals surface area contributed by atoms with E-state index >= 15 is 0 Å². The number of hydrogen-bond donors (Lipinski definition) is 2. The number of nitrogens with zero attached hydrogens (tertiary/aromatic N) is 1. The van der Waals surface area contributed by atoms with Crippen molar-refractivity contribution in [2.45, 2.75) is 13.3 Å². The van der Waals surface area contributed by atoms with Gasteiger partial charge >= 0.3 is 0 Å². The second kappa shape index (κ2) is 3.95. The number of anilines is 1. The van der Waals surface area contributed by atoms with Gasteiger partial charge in [-0.05, 0) is 24.6 Å². The lowest BCUT2D eigenvalue weighted by Crippen LogP contribution is -1.91. The van der Waals surface area contributed by atoms with Crippen LogP contribution in [0.1, 0.15) is 17.0 Å². The second-order valence-corrected chi connectivity index (χ2v) is 3.93. The number of nitrogen functional groups attached to an aromatic ring is 1. The van der Waals surface area contributed by atoms with Crippen molar-refractivity contribution in [1.82, 2.24) is 9.97 Å². The molecular formula is C11H12ClN3. The number of rotatable bonds is 2. The standard InChI is InChI=1S/C11H12ClN3/c1-7-10(15-11(13)14-7)6-8-2-4-9(12)5-3-8/h2-5H,6H2,1H3,(H3,13,14,15). The van der Waals surface area contributed by atoms with E-state index in [4.69, 9.17) is 17.3 Å². The molecule has 0 unspecified atom stereocenters. The molecule has 0 fully saturated rings. The van der Waals surface area contributed by atoms with Gasteiger partial charge < -0.3 is 10.7 Å². The van der Waals surface area contributed by atoms with Crippen LogP contribution in [0.5, 0.6) is 0 Å². The molecule has 1 heterocycles. The Labute approximate surface area is 93.3 Å². The predicted molar refractivity (Wildman–Crippen MR) is 62.0 cm³/mol. The molecule has 0 aliphatic heterocycles. The van der Waals surface area contributed by atoms with Crippen LogP contribution in [0.4, 0.5) is 5.95 Å². The van der Waals surface area contributed by atoms with Gasteiger partial charge in [-0.15, -0.1) is 0 Å². The number of nitrogens with one attached hydrogen (secondary N) is 1. The third-order valence-electron chi connectivity index (χ3n) is 2.29. The van der Waals surface area contributed by atoms with Crippen LogP contribution in [0.15, 0.2) is 24.3 Å². The molecule has 0 radical (unpaired) electrons. The van der Waals surface area contributed by atoms with Crippen molar-refractivity contribution in [3.05, 3.63) is 46.2 Å². The fraction of sp³-hybridized carbons (Fsp3) is 0.182. The third-order valence-corrected chi connectivity index (χ3v) is 2.54. The summed E-state index contributed by atoms with van der Waals surface area (Å²) in [6.45, 7) is 1.97. The summed E-state index contributed by atoms with van der Waals surface area (Å²) in [5.41, 5.74) is 8.74. The average molecular weight is 222 g/mol. The smallest absolute Gasteiger partial charge is 0.197 e. The molecule has 78 valence electrons. The van der Waals surface area contributed by atoms with Crippen LogP contribution in [0, 0.1) is 6.92 Å². The van der Waals surface area contributed by atoms with Gasteiger partial charge in [-0.1, -0.05) is 23.7 Å². The zero-order valence-electron chi connectivity index (χ0n) is 8.42. The summed E-state index contributed by atoms with van der Waals surface area (Å²) in [6, 6.07) is 7.74. The summed E-state index contributed by atoms with van der Waals surface area (Å²) in [6.07, 6.45) is 0.775. The van der Waals surface area contributed by atoms with E-state index in [1.807, 2.05) is 31.2 Å². The molecule has 0 aliphatic carbocycles. The fourth-order valence-corrected chi connectivity index (χ4v) is 1.62. The molecule has 0 atom stereocenters. The van der Waals surface area contributed by atoms with E-state index in [-0.39, 0.29) is 0 Å². The number of H-pyrrole nitrogens is 1. The zero-order chi connectivity index (χ0) is 10.8. The lowest BCUT2D eigenvalue weighted by Gasteiger charge is -1.99. The van der Waals surface area contributed by atoms with Crippen LogP contribution >= 0.6 is 11.6 Å². The highest BCUT2D eigenvalue weighted by Crippen LogP contribution is 2.15. The van der Waals surface area contributed by atoms with Crippen LogP contribution in [0.25, 0.3) is 0 Å². The molecule has 0 spiro atoms. The first-order chi connectivity index (χ1) is 7.15. The van der Waals surface area contributed by atoms with Crippen LogP contribution in [0.3, 0.4) is 0 Å². The lowest BCUT2D eigenvalue weighted by molar-refractivity contribution is 1.08. The molecule has 0 saturated carbocycles. The monoisotopic (exact) mass is 221 g/mol. The summed E-state index contributed by atoms with van der Waals surface area (Å²) < 4.78 is 0. The van der Waals surface area contributed by atoms with Crippen molar-refractivity contribution in [3.8, 4) is 0 Å². The van der Waals surface area contributed by atoms with E-state index in [1.54, 1.807) is 0 Å². The summed E-state index contributed by atoms with van der Waals surface area (Å²) in [7, 11) is 0. The number of aryl methyl sites for hydroxylation is 1. The Morgan fingerprint density at radius 2 is 2.00 bits per heavy atom. The minimum atomic E-state index is 0.469. The van der Waals surface area contributed by atoms with E-state index in [2.05, 4.69) is 9.97 Å². The Bertz CT molecular complexity index is 459. The van der Waals surface area contributed by atoms with Gasteiger partial charge in [-0.25, -0.2) is 4.98 Å². The van der Waals surface area contributed by atoms with Gasteiger partial charge in [-0.2, -0.15) is 0 Å². The van der Waals surface area contributed by atoms with Gasteiger partial charge in [0.25, 0.3) is 0 Å². The Balaban J connectivity index is 2.21. The van der Waals surface area contributed by atoms with E-state index < -0.39 is 0 Å². The highest BCUT2D eigenvalue weighted by atomic mass is 35.5. The minimum Gasteiger partial charge on any atom is -0.369 e. The van der Waals surface area contributed by atoms with Crippen molar-refractivity contribution in [1.29, 1.82) is 0 Å². The van der Waals surface area contributed by atoms with Gasteiger partial charge in [0.1, 0.15) is 0 Å². The van der Waals surface area contributed by atoms with Gasteiger partial charge in [0.05, 0.1) is 5.69 Å². The highest BCUT2D eigenvalue weighted by Gasteiger charge is 2.05. The lowest BCUT2D eigenvalue weighted by atomic mass is 10.1. The molecule has 2 rings (SSSR count). The maximum atomic E-state index is 5.81.